The molecule has 1 aromatic rings. The van der Waals surface area contributed by atoms with Gasteiger partial charge in [-0.25, -0.2) is 0 Å². The highest BCUT2D eigenvalue weighted by Crippen LogP contribution is 2.26. The summed E-state index contributed by atoms with van der Waals surface area (Å²) in [6, 6.07) is 0.533. The maximum Gasteiger partial charge on any atom is 0.305 e. The second-order valence-corrected chi connectivity index (χ2v) is 8.43. The number of aromatic nitrogens is 2. The van der Waals surface area contributed by atoms with Gasteiger partial charge in [-0.05, 0) is 27.7 Å². The van der Waals surface area contributed by atoms with E-state index in [1.165, 1.54) is 6.92 Å². The van der Waals surface area contributed by atoms with Crippen molar-refractivity contribution in [3.8, 4) is 0 Å². The Hall–Kier alpha value is -1.61. The number of amides is 1. The lowest BCUT2D eigenvalue weighted by Gasteiger charge is -2.32. The van der Waals surface area contributed by atoms with Gasteiger partial charge in [0.1, 0.15) is 0 Å². The Morgan fingerprint density at radius 2 is 1.96 bits per heavy atom. The fourth-order valence-electron chi connectivity index (χ4n) is 2.53. The highest BCUT2D eigenvalue weighted by atomic mass is 32.2. The van der Waals surface area contributed by atoms with Gasteiger partial charge in [-0.2, -0.15) is 5.01 Å². The number of nitrogens with zero attached hydrogens (tertiary/aromatic N) is 4. The number of hydrogen-bond acceptors (Lipinski definition) is 7. The minimum atomic E-state index is -0.869. The molecule has 1 fully saturated rings. The van der Waals surface area contributed by atoms with Gasteiger partial charge in [-0.3, -0.25) is 24.3 Å². The van der Waals surface area contributed by atoms with Gasteiger partial charge in [0.2, 0.25) is 11.2 Å². The first-order chi connectivity index (χ1) is 11.2. The average molecular weight is 356 g/mol. The Balaban J connectivity index is 1.94. The summed E-state index contributed by atoms with van der Waals surface area (Å²) in [6.07, 6.45) is 1.65. The van der Waals surface area contributed by atoms with Crippen LogP contribution >= 0.6 is 11.8 Å². The van der Waals surface area contributed by atoms with Crippen LogP contribution in [0.1, 0.15) is 34.6 Å². The summed E-state index contributed by atoms with van der Waals surface area (Å²) in [7, 11) is 0. The number of anilines is 1. The van der Waals surface area contributed by atoms with Gasteiger partial charge in [-0.15, -0.1) is 0 Å². The van der Waals surface area contributed by atoms with Gasteiger partial charge in [0.15, 0.2) is 5.12 Å². The number of thioether (sulfide) groups is 1. The Kier molecular flexibility index (Phi) is 5.87. The summed E-state index contributed by atoms with van der Waals surface area (Å²) in [5.41, 5.74) is 0. The third-order valence-electron chi connectivity index (χ3n) is 3.95. The van der Waals surface area contributed by atoms with Crippen LogP contribution in [0.3, 0.4) is 0 Å². The summed E-state index contributed by atoms with van der Waals surface area (Å²) in [6.45, 7) is 12.8. The van der Waals surface area contributed by atoms with E-state index in [4.69, 9.17) is 4.52 Å². The molecule has 0 bridgehead atoms. The zero-order chi connectivity index (χ0) is 17.9. The van der Waals surface area contributed by atoms with Crippen molar-refractivity contribution >= 4 is 28.7 Å². The predicted octanol–water partition coefficient (Wildman–Crippen LogP) is 0.621. The number of carbonyl (C=O) groups is 2. The molecule has 0 spiro atoms. The molecule has 9 heteroatoms. The highest BCUT2D eigenvalue weighted by molar-refractivity contribution is 8.15. The minimum Gasteiger partial charge on any atom is -0.297 e. The highest BCUT2D eigenvalue weighted by Gasteiger charge is 2.33. The first-order valence-corrected chi connectivity index (χ1v) is 8.89. The Bertz CT molecular complexity index is 594. The third kappa shape index (κ3) is 4.70. The molecule has 0 aromatic carbocycles. The van der Waals surface area contributed by atoms with Crippen LogP contribution in [0.2, 0.25) is 0 Å². The van der Waals surface area contributed by atoms with E-state index in [0.717, 1.165) is 37.9 Å². The SMILES string of the molecule is CC(=O)SC(C)(C)C(=O)Nc1c[n+](N2CCN(C(C)C)CC2)no1. The van der Waals surface area contributed by atoms with Crippen LogP contribution < -0.4 is 15.1 Å². The lowest BCUT2D eigenvalue weighted by molar-refractivity contribution is -0.759. The number of nitrogens with one attached hydrogen (secondary N) is 1. The summed E-state index contributed by atoms with van der Waals surface area (Å²) >= 11 is 0.986. The van der Waals surface area contributed by atoms with Gasteiger partial charge in [0, 0.05) is 26.1 Å². The Labute approximate surface area is 146 Å². The molecular formula is C15H26N5O3S+. The number of piperazine rings is 1. The van der Waals surface area contributed by atoms with E-state index in [1.807, 2.05) is 0 Å². The molecule has 0 atom stereocenters. The fraction of sp³-hybridized carbons (Fsp3) is 0.733. The predicted molar refractivity (Wildman–Crippen MR) is 92.3 cm³/mol. The van der Waals surface area contributed by atoms with Crippen molar-refractivity contribution in [3.05, 3.63) is 6.20 Å². The van der Waals surface area contributed by atoms with Crippen molar-refractivity contribution in [2.75, 3.05) is 36.5 Å². The summed E-state index contributed by atoms with van der Waals surface area (Å²) in [5, 5.41) is 8.60. The third-order valence-corrected chi connectivity index (χ3v) is 4.93. The monoisotopic (exact) mass is 356 g/mol. The molecule has 1 saturated heterocycles. The molecule has 1 aliphatic heterocycles. The first kappa shape index (κ1) is 18.7. The molecule has 24 heavy (non-hydrogen) atoms. The molecule has 1 aromatic heterocycles. The van der Waals surface area contributed by atoms with Crippen molar-refractivity contribution < 1.29 is 18.9 Å². The molecule has 134 valence electrons. The second-order valence-electron chi connectivity index (χ2n) is 6.63. The lowest BCUT2D eigenvalue weighted by atomic mass is 10.2. The van der Waals surface area contributed by atoms with Gasteiger partial charge >= 0.3 is 5.88 Å². The molecule has 0 unspecified atom stereocenters. The van der Waals surface area contributed by atoms with E-state index in [9.17, 15) is 9.59 Å². The topological polar surface area (TPSA) is 82.6 Å². The molecule has 2 rings (SSSR count). The van der Waals surface area contributed by atoms with E-state index in [-0.39, 0.29) is 16.9 Å². The van der Waals surface area contributed by atoms with Crippen LogP contribution in [-0.2, 0) is 9.59 Å². The van der Waals surface area contributed by atoms with Gasteiger partial charge < -0.3 is 0 Å². The smallest absolute Gasteiger partial charge is 0.297 e. The van der Waals surface area contributed by atoms with E-state index in [2.05, 4.69) is 34.3 Å². The van der Waals surface area contributed by atoms with E-state index >= 15 is 0 Å². The molecule has 0 saturated carbocycles. The maximum atomic E-state index is 12.3. The Morgan fingerprint density at radius 1 is 1.33 bits per heavy atom. The molecule has 1 aliphatic rings. The number of hydrogen-bond donors (Lipinski definition) is 1. The lowest BCUT2D eigenvalue weighted by Crippen LogP contribution is -2.65. The molecule has 2 heterocycles. The van der Waals surface area contributed by atoms with Gasteiger partial charge in [0.25, 0.3) is 6.20 Å². The number of rotatable bonds is 5. The van der Waals surface area contributed by atoms with Crippen LogP contribution in [0.25, 0.3) is 0 Å². The largest absolute Gasteiger partial charge is 0.305 e. The summed E-state index contributed by atoms with van der Waals surface area (Å²) in [5.74, 6) is -0.0286. The van der Waals surface area contributed by atoms with Crippen LogP contribution in [0.15, 0.2) is 10.7 Å². The van der Waals surface area contributed by atoms with Crippen molar-refractivity contribution in [1.29, 1.82) is 0 Å². The minimum absolute atomic E-state index is 0.106. The fourth-order valence-corrected chi connectivity index (χ4v) is 3.39. The maximum absolute atomic E-state index is 12.3. The van der Waals surface area contributed by atoms with Crippen LogP contribution in [-0.4, -0.2) is 58.2 Å². The van der Waals surface area contributed by atoms with Gasteiger partial charge in [-0.1, -0.05) is 11.8 Å². The van der Waals surface area contributed by atoms with Crippen LogP contribution in [0.5, 0.6) is 0 Å². The Morgan fingerprint density at radius 3 is 2.50 bits per heavy atom. The molecular weight excluding hydrogens is 330 g/mol. The van der Waals surface area contributed by atoms with Crippen molar-refractivity contribution in [2.45, 2.75) is 45.4 Å². The summed E-state index contributed by atoms with van der Waals surface area (Å²) in [4.78, 5) is 27.5. The summed E-state index contributed by atoms with van der Waals surface area (Å²) < 4.78 is 4.33. The van der Waals surface area contributed by atoms with E-state index < -0.39 is 4.75 Å². The van der Waals surface area contributed by atoms with Crippen molar-refractivity contribution in [1.82, 2.24) is 10.2 Å². The van der Waals surface area contributed by atoms with Crippen molar-refractivity contribution in [3.63, 3.8) is 0 Å². The van der Waals surface area contributed by atoms with E-state index in [0.29, 0.717) is 6.04 Å². The van der Waals surface area contributed by atoms with Crippen LogP contribution in [0, 0.1) is 0 Å². The number of carbonyl (C=O) groups excluding carboxylic acids is 2. The average Bonchev–Trinajstić information content (AvgIpc) is 2.94. The normalized spacial score (nSPS) is 16.5. The second kappa shape index (κ2) is 7.52. The molecule has 1 N–H and O–H groups in total. The zero-order valence-electron chi connectivity index (χ0n) is 14.9. The van der Waals surface area contributed by atoms with E-state index in [1.54, 1.807) is 24.8 Å². The molecule has 0 aliphatic carbocycles. The quantitative estimate of drug-likeness (QED) is 0.775. The molecule has 1 amide bonds. The first-order valence-electron chi connectivity index (χ1n) is 8.08. The zero-order valence-corrected chi connectivity index (χ0v) is 15.7. The van der Waals surface area contributed by atoms with Crippen LogP contribution in [0.4, 0.5) is 5.88 Å². The standard InChI is InChI=1S/C15H25N5O3S/c1-11(2)18-6-8-19(9-7-18)20-10-13(23-17-20)16-14(22)15(4,5)24-12(3)21/h10-11H,6-9H2,1-5H3/p+1. The van der Waals surface area contributed by atoms with Gasteiger partial charge in [0.05, 0.1) is 22.6 Å². The molecule has 8 nitrogen and oxygen atoms in total. The van der Waals surface area contributed by atoms with Crippen molar-refractivity contribution in [2.24, 2.45) is 0 Å². The molecule has 0 radical (unpaired) electrons.